The van der Waals surface area contributed by atoms with E-state index in [1.54, 1.807) is 7.05 Å². The van der Waals surface area contributed by atoms with Gasteiger partial charge in [-0.2, -0.15) is 0 Å². The minimum absolute atomic E-state index is 0.0958. The molecule has 0 saturated heterocycles. The van der Waals surface area contributed by atoms with Gasteiger partial charge in [0.15, 0.2) is 19.7 Å². The van der Waals surface area contributed by atoms with Crippen molar-refractivity contribution in [2.45, 2.75) is 15.8 Å². The zero-order chi connectivity index (χ0) is 15.4. The summed E-state index contributed by atoms with van der Waals surface area (Å²) in [4.78, 5) is 0.194. The number of sulfone groups is 2. The van der Waals surface area contributed by atoms with Crippen LogP contribution in [0.1, 0.15) is 0 Å². The number of methoxy groups -OCH3 is 1. The molecule has 0 saturated carbocycles. The maximum absolute atomic E-state index is 12.2. The molecule has 0 aromatic heterocycles. The molecule has 0 spiro atoms. The molecule has 0 heterocycles. The predicted molar refractivity (Wildman–Crippen MR) is 76.3 cm³/mol. The molecule has 1 aromatic rings. The third-order valence-corrected chi connectivity index (χ3v) is 5.77. The first-order chi connectivity index (χ1) is 9.20. The van der Waals surface area contributed by atoms with Gasteiger partial charge in [-0.25, -0.2) is 16.8 Å². The van der Waals surface area contributed by atoms with E-state index in [1.165, 1.54) is 31.4 Å². The monoisotopic (exact) mass is 321 g/mol. The van der Waals surface area contributed by atoms with Gasteiger partial charge in [0.2, 0.25) is 0 Å². The molecule has 0 fully saturated rings. The molecule has 1 unspecified atom stereocenters. The smallest absolute Gasteiger partial charge is 0.179 e. The number of likely N-dealkylation sites (N-methyl/N-ethyl adjacent to an activating group) is 1. The highest BCUT2D eigenvalue weighted by molar-refractivity contribution is 7.91. The lowest BCUT2D eigenvalue weighted by atomic mass is 10.4. The molecule has 0 radical (unpaired) electrons. The van der Waals surface area contributed by atoms with Crippen molar-refractivity contribution in [1.29, 1.82) is 0 Å². The second-order valence-electron chi connectivity index (χ2n) is 4.47. The fourth-order valence-electron chi connectivity index (χ4n) is 1.67. The summed E-state index contributed by atoms with van der Waals surface area (Å²) in [6.45, 7) is 0.275. The average molecular weight is 321 g/mol. The number of hydrogen-bond donors (Lipinski definition) is 1. The normalized spacial score (nSPS) is 14.2. The summed E-state index contributed by atoms with van der Waals surface area (Å²) in [5.41, 5.74) is 0. The molecule has 0 bridgehead atoms. The number of benzene rings is 1. The highest BCUT2D eigenvalue weighted by Crippen LogP contribution is 2.16. The van der Waals surface area contributed by atoms with Gasteiger partial charge in [-0.3, -0.25) is 0 Å². The van der Waals surface area contributed by atoms with Crippen molar-refractivity contribution in [3.8, 4) is 0 Å². The second kappa shape index (κ2) is 6.66. The van der Waals surface area contributed by atoms with Crippen molar-refractivity contribution in [3.05, 3.63) is 24.3 Å². The van der Waals surface area contributed by atoms with Crippen LogP contribution in [0.4, 0.5) is 0 Å². The molecule has 1 rings (SSSR count). The minimum Gasteiger partial charge on any atom is -0.383 e. The lowest BCUT2D eigenvalue weighted by Gasteiger charge is -2.15. The molecular weight excluding hydrogens is 302 g/mol. The van der Waals surface area contributed by atoms with Crippen LogP contribution in [0.2, 0.25) is 0 Å². The van der Waals surface area contributed by atoms with Crippen LogP contribution in [0.15, 0.2) is 34.1 Å². The van der Waals surface area contributed by atoms with Crippen molar-refractivity contribution >= 4 is 19.7 Å². The summed E-state index contributed by atoms with van der Waals surface area (Å²) in [7, 11) is -3.67. The van der Waals surface area contributed by atoms with Crippen molar-refractivity contribution in [2.75, 3.05) is 32.8 Å². The van der Waals surface area contributed by atoms with Gasteiger partial charge in [-0.1, -0.05) is 0 Å². The minimum atomic E-state index is -3.49. The lowest BCUT2D eigenvalue weighted by molar-refractivity contribution is 0.176. The first-order valence-electron chi connectivity index (χ1n) is 5.90. The second-order valence-corrected chi connectivity index (χ2v) is 8.52. The summed E-state index contributed by atoms with van der Waals surface area (Å²) < 4.78 is 52.0. The Balaban J connectivity index is 2.99. The van der Waals surface area contributed by atoms with Crippen LogP contribution in [0.5, 0.6) is 0 Å². The van der Waals surface area contributed by atoms with E-state index in [4.69, 9.17) is 4.74 Å². The van der Waals surface area contributed by atoms with Crippen molar-refractivity contribution in [3.63, 3.8) is 0 Å². The third kappa shape index (κ3) is 4.55. The number of ether oxygens (including phenoxy) is 1. The molecule has 1 aromatic carbocycles. The topological polar surface area (TPSA) is 89.5 Å². The fourth-order valence-corrected chi connectivity index (χ4v) is 3.84. The number of hydrogen-bond acceptors (Lipinski definition) is 6. The van der Waals surface area contributed by atoms with Gasteiger partial charge < -0.3 is 10.1 Å². The molecule has 0 aliphatic heterocycles. The standard InChI is InChI=1S/C12H19NO5S2/c1-13-10(8-18-2)9-20(16,17)12-6-4-11(5-7-12)19(3,14)15/h4-7,10,13H,8-9H2,1-3H3. The Morgan fingerprint density at radius 2 is 1.60 bits per heavy atom. The van der Waals surface area contributed by atoms with Crippen LogP contribution in [-0.4, -0.2) is 55.7 Å². The van der Waals surface area contributed by atoms with Crippen LogP contribution < -0.4 is 5.32 Å². The molecule has 1 N–H and O–H groups in total. The molecule has 0 amide bonds. The molecule has 0 aliphatic carbocycles. The van der Waals surface area contributed by atoms with Gasteiger partial charge in [0.1, 0.15) is 0 Å². The van der Waals surface area contributed by atoms with E-state index in [0.717, 1.165) is 6.26 Å². The highest BCUT2D eigenvalue weighted by atomic mass is 32.2. The van der Waals surface area contributed by atoms with Crippen LogP contribution >= 0.6 is 0 Å². The quantitative estimate of drug-likeness (QED) is 0.766. The van der Waals surface area contributed by atoms with E-state index in [-0.39, 0.29) is 28.2 Å². The van der Waals surface area contributed by atoms with E-state index in [2.05, 4.69) is 5.32 Å². The Hall–Kier alpha value is -0.960. The Labute approximate surface area is 120 Å². The summed E-state index contributed by atoms with van der Waals surface area (Å²) in [6.07, 6.45) is 1.08. The van der Waals surface area contributed by atoms with E-state index < -0.39 is 19.7 Å². The van der Waals surface area contributed by atoms with Gasteiger partial charge in [0.25, 0.3) is 0 Å². The van der Waals surface area contributed by atoms with Gasteiger partial charge in [-0.15, -0.1) is 0 Å². The SMILES string of the molecule is CNC(COC)CS(=O)(=O)c1ccc(S(C)(=O)=O)cc1. The molecule has 0 aliphatic rings. The maximum Gasteiger partial charge on any atom is 0.179 e. The first-order valence-corrected chi connectivity index (χ1v) is 9.44. The largest absolute Gasteiger partial charge is 0.383 e. The van der Waals surface area contributed by atoms with E-state index in [0.29, 0.717) is 0 Å². The Morgan fingerprint density at radius 3 is 2.00 bits per heavy atom. The highest BCUT2D eigenvalue weighted by Gasteiger charge is 2.20. The van der Waals surface area contributed by atoms with E-state index in [9.17, 15) is 16.8 Å². The zero-order valence-corrected chi connectivity index (χ0v) is 13.3. The Morgan fingerprint density at radius 1 is 1.10 bits per heavy atom. The summed E-state index contributed by atoms with van der Waals surface area (Å²) in [6, 6.07) is 4.90. The summed E-state index contributed by atoms with van der Waals surface area (Å²) in [5, 5.41) is 2.86. The van der Waals surface area contributed by atoms with Gasteiger partial charge in [0.05, 0.1) is 22.2 Å². The number of rotatable bonds is 7. The van der Waals surface area contributed by atoms with Crippen LogP contribution in [0.25, 0.3) is 0 Å². The molecule has 20 heavy (non-hydrogen) atoms. The zero-order valence-electron chi connectivity index (χ0n) is 11.7. The Bertz CT molecular complexity index is 635. The third-order valence-electron chi connectivity index (χ3n) is 2.81. The molecule has 8 heteroatoms. The molecule has 1 atom stereocenters. The van der Waals surface area contributed by atoms with Crippen LogP contribution in [0.3, 0.4) is 0 Å². The fraction of sp³-hybridized carbons (Fsp3) is 0.500. The average Bonchev–Trinajstić information content (AvgIpc) is 2.37. The van der Waals surface area contributed by atoms with Crippen molar-refractivity contribution in [2.24, 2.45) is 0 Å². The van der Waals surface area contributed by atoms with Gasteiger partial charge in [0, 0.05) is 19.4 Å². The first kappa shape index (κ1) is 17.1. The predicted octanol–water partition coefficient (Wildman–Crippen LogP) is 0.0982. The van der Waals surface area contributed by atoms with E-state index >= 15 is 0 Å². The Kier molecular flexibility index (Phi) is 5.69. The van der Waals surface area contributed by atoms with Crippen molar-refractivity contribution in [1.82, 2.24) is 5.32 Å². The summed E-state index contributed by atoms with van der Waals surface area (Å²) in [5.74, 6) is -0.116. The van der Waals surface area contributed by atoms with Crippen LogP contribution in [0, 0.1) is 0 Å². The van der Waals surface area contributed by atoms with E-state index in [1.807, 2.05) is 0 Å². The molecule has 6 nitrogen and oxygen atoms in total. The number of nitrogens with one attached hydrogen (secondary N) is 1. The molecular formula is C12H19NO5S2. The van der Waals surface area contributed by atoms with Gasteiger partial charge >= 0.3 is 0 Å². The van der Waals surface area contributed by atoms with Crippen LogP contribution in [-0.2, 0) is 24.4 Å². The molecule has 114 valence electrons. The van der Waals surface area contributed by atoms with Gasteiger partial charge in [-0.05, 0) is 31.3 Å². The maximum atomic E-state index is 12.2. The summed E-state index contributed by atoms with van der Waals surface area (Å²) >= 11 is 0. The van der Waals surface area contributed by atoms with Crippen molar-refractivity contribution < 1.29 is 21.6 Å². The lowest BCUT2D eigenvalue weighted by Crippen LogP contribution is -2.36.